The van der Waals surface area contributed by atoms with Crippen LogP contribution in [-0.4, -0.2) is 14.5 Å². The summed E-state index contributed by atoms with van der Waals surface area (Å²) in [6, 6.07) is 5.55. The topological polar surface area (TPSA) is 46.2 Å². The number of benzene rings is 1. The zero-order valence-electron chi connectivity index (χ0n) is 12.8. The molecule has 1 fully saturated rings. The fourth-order valence-corrected chi connectivity index (χ4v) is 4.70. The molecule has 3 nitrogen and oxygen atoms in total. The molecule has 20 heavy (non-hydrogen) atoms. The lowest BCUT2D eigenvalue weighted by Gasteiger charge is -2.34. The molecule has 0 aromatic heterocycles. The van der Waals surface area contributed by atoms with E-state index in [1.165, 1.54) is 6.42 Å². The van der Waals surface area contributed by atoms with Crippen molar-refractivity contribution in [1.29, 1.82) is 0 Å². The molecule has 1 aliphatic carbocycles. The molecule has 0 spiro atoms. The molecule has 0 amide bonds. The fraction of sp³-hybridized carbons (Fsp3) is 0.625. The standard InChI is InChI=1S/C16H25NO2S/c1-11-8-9-16(13(3)10-11)20(18,19)17-15-7-5-6-12(2)14(15)4/h8-10,12,14-15,17H,5-7H2,1-4H3. The predicted octanol–water partition coefficient (Wildman–Crippen LogP) is 3.41. The third-order valence-electron chi connectivity index (χ3n) is 4.63. The van der Waals surface area contributed by atoms with Gasteiger partial charge in [-0.15, -0.1) is 0 Å². The zero-order chi connectivity index (χ0) is 14.9. The number of hydrogen-bond acceptors (Lipinski definition) is 2. The molecular formula is C16H25NO2S. The quantitative estimate of drug-likeness (QED) is 0.929. The van der Waals surface area contributed by atoms with Crippen molar-refractivity contribution in [3.63, 3.8) is 0 Å². The third-order valence-corrected chi connectivity index (χ3v) is 6.28. The minimum Gasteiger partial charge on any atom is -0.208 e. The smallest absolute Gasteiger partial charge is 0.208 e. The number of sulfonamides is 1. The van der Waals surface area contributed by atoms with Gasteiger partial charge in [-0.25, -0.2) is 13.1 Å². The molecule has 112 valence electrons. The molecule has 1 saturated carbocycles. The van der Waals surface area contributed by atoms with Crippen LogP contribution < -0.4 is 4.72 Å². The molecule has 2 rings (SSSR count). The van der Waals surface area contributed by atoms with Gasteiger partial charge in [0.2, 0.25) is 10.0 Å². The Labute approximate surface area is 122 Å². The number of hydrogen-bond donors (Lipinski definition) is 1. The molecule has 3 unspecified atom stereocenters. The van der Waals surface area contributed by atoms with Crippen molar-refractivity contribution < 1.29 is 8.42 Å². The molecule has 0 aliphatic heterocycles. The summed E-state index contributed by atoms with van der Waals surface area (Å²) in [4.78, 5) is 0.411. The van der Waals surface area contributed by atoms with E-state index in [0.29, 0.717) is 16.7 Å². The van der Waals surface area contributed by atoms with Gasteiger partial charge in [0, 0.05) is 6.04 Å². The first kappa shape index (κ1) is 15.5. The highest BCUT2D eigenvalue weighted by Crippen LogP contribution is 2.30. The van der Waals surface area contributed by atoms with Crippen LogP contribution in [0.2, 0.25) is 0 Å². The highest BCUT2D eigenvalue weighted by Gasteiger charge is 2.31. The van der Waals surface area contributed by atoms with Crippen LogP contribution in [-0.2, 0) is 10.0 Å². The lowest BCUT2D eigenvalue weighted by Crippen LogP contribution is -2.43. The SMILES string of the molecule is Cc1ccc(S(=O)(=O)NC2CCCC(C)C2C)c(C)c1. The lowest BCUT2D eigenvalue weighted by molar-refractivity contribution is 0.227. The Morgan fingerprint density at radius 3 is 2.50 bits per heavy atom. The maximum atomic E-state index is 12.6. The normalized spacial score (nSPS) is 27.5. The average Bonchev–Trinajstić information content (AvgIpc) is 2.34. The van der Waals surface area contributed by atoms with E-state index < -0.39 is 10.0 Å². The van der Waals surface area contributed by atoms with Gasteiger partial charge in [0.15, 0.2) is 0 Å². The van der Waals surface area contributed by atoms with E-state index in [1.807, 2.05) is 26.0 Å². The Kier molecular flexibility index (Phi) is 4.55. The zero-order valence-corrected chi connectivity index (χ0v) is 13.6. The second kappa shape index (κ2) is 5.86. The average molecular weight is 295 g/mol. The van der Waals surface area contributed by atoms with Gasteiger partial charge in [-0.3, -0.25) is 0 Å². The van der Waals surface area contributed by atoms with Gasteiger partial charge in [0.1, 0.15) is 0 Å². The summed E-state index contributed by atoms with van der Waals surface area (Å²) in [5, 5.41) is 0. The van der Waals surface area contributed by atoms with Gasteiger partial charge in [-0.1, -0.05) is 44.4 Å². The summed E-state index contributed by atoms with van der Waals surface area (Å²) in [5.41, 5.74) is 1.90. The van der Waals surface area contributed by atoms with E-state index in [4.69, 9.17) is 0 Å². The van der Waals surface area contributed by atoms with Crippen molar-refractivity contribution in [2.45, 2.75) is 57.9 Å². The van der Waals surface area contributed by atoms with Gasteiger partial charge in [0.05, 0.1) is 4.90 Å². The Hall–Kier alpha value is -0.870. The van der Waals surface area contributed by atoms with Crippen LogP contribution in [0, 0.1) is 25.7 Å². The van der Waals surface area contributed by atoms with Gasteiger partial charge in [-0.2, -0.15) is 0 Å². The molecular weight excluding hydrogens is 270 g/mol. The minimum atomic E-state index is -3.41. The van der Waals surface area contributed by atoms with Crippen LogP contribution in [0.25, 0.3) is 0 Å². The van der Waals surface area contributed by atoms with Crippen molar-refractivity contribution in [3.05, 3.63) is 29.3 Å². The molecule has 1 aromatic rings. The predicted molar refractivity (Wildman–Crippen MR) is 82.2 cm³/mol. The summed E-state index contributed by atoms with van der Waals surface area (Å²) in [6.07, 6.45) is 3.24. The van der Waals surface area contributed by atoms with Crippen LogP contribution in [0.3, 0.4) is 0 Å². The molecule has 1 aliphatic rings. The van der Waals surface area contributed by atoms with Crippen molar-refractivity contribution >= 4 is 10.0 Å². The summed E-state index contributed by atoms with van der Waals surface area (Å²) in [6.45, 7) is 8.19. The first-order valence-electron chi connectivity index (χ1n) is 7.41. The summed E-state index contributed by atoms with van der Waals surface area (Å²) in [7, 11) is -3.41. The minimum absolute atomic E-state index is 0.0597. The second-order valence-corrected chi connectivity index (χ2v) is 7.95. The Balaban J connectivity index is 2.22. The molecule has 4 heteroatoms. The highest BCUT2D eigenvalue weighted by atomic mass is 32.2. The van der Waals surface area contributed by atoms with Crippen LogP contribution in [0.15, 0.2) is 23.1 Å². The number of aryl methyl sites for hydroxylation is 2. The van der Waals surface area contributed by atoms with Crippen LogP contribution in [0.1, 0.15) is 44.2 Å². The van der Waals surface area contributed by atoms with Gasteiger partial charge in [-0.05, 0) is 43.7 Å². The summed E-state index contributed by atoms with van der Waals surface area (Å²) in [5.74, 6) is 0.972. The van der Waals surface area contributed by atoms with E-state index in [0.717, 1.165) is 24.0 Å². The van der Waals surface area contributed by atoms with E-state index >= 15 is 0 Å². The molecule has 0 radical (unpaired) electrons. The molecule has 1 aromatic carbocycles. The first-order chi connectivity index (χ1) is 9.31. The van der Waals surface area contributed by atoms with E-state index in [1.54, 1.807) is 6.07 Å². The third kappa shape index (κ3) is 3.23. The van der Waals surface area contributed by atoms with Gasteiger partial charge >= 0.3 is 0 Å². The maximum absolute atomic E-state index is 12.6. The molecule has 1 N–H and O–H groups in total. The molecule has 3 atom stereocenters. The van der Waals surface area contributed by atoms with Crippen molar-refractivity contribution in [1.82, 2.24) is 4.72 Å². The van der Waals surface area contributed by atoms with Crippen molar-refractivity contribution in [3.8, 4) is 0 Å². The summed E-state index contributed by atoms with van der Waals surface area (Å²) >= 11 is 0. The van der Waals surface area contributed by atoms with Crippen molar-refractivity contribution in [2.24, 2.45) is 11.8 Å². The van der Waals surface area contributed by atoms with Crippen molar-refractivity contribution in [2.75, 3.05) is 0 Å². The van der Waals surface area contributed by atoms with E-state index in [9.17, 15) is 8.42 Å². The van der Waals surface area contributed by atoms with Crippen LogP contribution in [0.5, 0.6) is 0 Å². The first-order valence-corrected chi connectivity index (χ1v) is 8.89. The Morgan fingerprint density at radius 1 is 1.15 bits per heavy atom. The Bertz CT molecular complexity index is 580. The molecule has 0 heterocycles. The maximum Gasteiger partial charge on any atom is 0.241 e. The molecule has 0 saturated heterocycles. The van der Waals surface area contributed by atoms with Gasteiger partial charge < -0.3 is 0 Å². The Morgan fingerprint density at radius 2 is 1.85 bits per heavy atom. The van der Waals surface area contributed by atoms with Gasteiger partial charge in [0.25, 0.3) is 0 Å². The number of nitrogens with one attached hydrogen (secondary N) is 1. The number of rotatable bonds is 3. The van der Waals surface area contributed by atoms with Crippen LogP contribution in [0.4, 0.5) is 0 Å². The fourth-order valence-electron chi connectivity index (χ4n) is 3.11. The second-order valence-electron chi connectivity index (χ2n) is 6.26. The highest BCUT2D eigenvalue weighted by molar-refractivity contribution is 7.89. The van der Waals surface area contributed by atoms with Crippen LogP contribution >= 0.6 is 0 Å². The monoisotopic (exact) mass is 295 g/mol. The van der Waals surface area contributed by atoms with E-state index in [-0.39, 0.29) is 6.04 Å². The molecule has 0 bridgehead atoms. The largest absolute Gasteiger partial charge is 0.241 e. The lowest BCUT2D eigenvalue weighted by atomic mass is 9.78. The van der Waals surface area contributed by atoms with E-state index in [2.05, 4.69) is 18.6 Å². The summed E-state index contributed by atoms with van der Waals surface area (Å²) < 4.78 is 28.1.